The van der Waals surface area contributed by atoms with E-state index in [9.17, 15) is 4.39 Å². The van der Waals surface area contributed by atoms with E-state index in [4.69, 9.17) is 0 Å². The van der Waals surface area contributed by atoms with Crippen LogP contribution in [0.25, 0.3) is 0 Å². The van der Waals surface area contributed by atoms with Gasteiger partial charge in [0, 0.05) is 37.9 Å². The molecular weight excluding hydrogens is 193 g/mol. The maximum Gasteiger partial charge on any atom is 0.120 e. The molecule has 0 aromatic carbocycles. The molecule has 0 aliphatic heterocycles. The molecule has 3 nitrogen and oxygen atoms in total. The van der Waals surface area contributed by atoms with Crippen LogP contribution >= 0.6 is 0 Å². The molecule has 0 aliphatic carbocycles. The largest absolute Gasteiger partial charge is 0.338 e. The van der Waals surface area contributed by atoms with E-state index < -0.39 is 6.17 Å². The first-order valence-electron chi connectivity index (χ1n) is 5.24. The second-order valence-electron chi connectivity index (χ2n) is 4.89. The first-order chi connectivity index (χ1) is 6.88. The van der Waals surface area contributed by atoms with Gasteiger partial charge >= 0.3 is 0 Å². The molecule has 1 N–H and O–H groups in total. The Labute approximate surface area is 90.7 Å². The predicted octanol–water partition coefficient (Wildman–Crippen LogP) is 1.69. The Morgan fingerprint density at radius 3 is 2.67 bits per heavy atom. The van der Waals surface area contributed by atoms with Gasteiger partial charge in [0.25, 0.3) is 0 Å². The predicted molar refractivity (Wildman–Crippen MR) is 59.6 cm³/mol. The molecule has 1 aromatic rings. The summed E-state index contributed by atoms with van der Waals surface area (Å²) in [6, 6.07) is 0. The van der Waals surface area contributed by atoms with Crippen LogP contribution in [-0.2, 0) is 13.5 Å². The fourth-order valence-corrected chi connectivity index (χ4v) is 1.28. The van der Waals surface area contributed by atoms with Gasteiger partial charge < -0.3 is 9.88 Å². The Hall–Kier alpha value is -0.900. The van der Waals surface area contributed by atoms with Crippen molar-refractivity contribution in [2.24, 2.45) is 7.05 Å². The number of imidazole rings is 1. The summed E-state index contributed by atoms with van der Waals surface area (Å²) in [6.45, 7) is 6.46. The summed E-state index contributed by atoms with van der Waals surface area (Å²) >= 11 is 0. The summed E-state index contributed by atoms with van der Waals surface area (Å²) in [5.41, 5.74) is -0.0357. The lowest BCUT2D eigenvalue weighted by molar-refractivity contribution is 0.280. The number of nitrogens with zero attached hydrogens (tertiary/aromatic N) is 2. The summed E-state index contributed by atoms with van der Waals surface area (Å²) in [4.78, 5) is 4.10. The lowest BCUT2D eigenvalue weighted by Gasteiger charge is -2.21. The van der Waals surface area contributed by atoms with Crippen LogP contribution in [0.5, 0.6) is 0 Å². The smallest absolute Gasteiger partial charge is 0.120 e. The quantitative estimate of drug-likeness (QED) is 0.825. The average molecular weight is 213 g/mol. The molecule has 1 heterocycles. The highest BCUT2D eigenvalue weighted by Crippen LogP contribution is 2.05. The first-order valence-corrected chi connectivity index (χ1v) is 5.24. The zero-order valence-electron chi connectivity index (χ0n) is 9.92. The van der Waals surface area contributed by atoms with Crippen LogP contribution in [0.15, 0.2) is 12.4 Å². The summed E-state index contributed by atoms with van der Waals surface area (Å²) in [5.74, 6) is 0.790. The van der Waals surface area contributed by atoms with Gasteiger partial charge in [-0.2, -0.15) is 0 Å². The third-order valence-corrected chi connectivity index (χ3v) is 2.18. The molecule has 1 unspecified atom stereocenters. The minimum atomic E-state index is -0.884. The van der Waals surface area contributed by atoms with Crippen LogP contribution in [0, 0.1) is 0 Å². The molecule has 1 rings (SSSR count). The highest BCUT2D eigenvalue weighted by Gasteiger charge is 2.15. The van der Waals surface area contributed by atoms with E-state index in [1.54, 1.807) is 6.20 Å². The van der Waals surface area contributed by atoms with Crippen molar-refractivity contribution in [1.82, 2.24) is 14.9 Å². The normalized spacial score (nSPS) is 14.2. The van der Waals surface area contributed by atoms with Crippen LogP contribution in [0.2, 0.25) is 0 Å². The maximum atomic E-state index is 13.6. The minimum absolute atomic E-state index is 0.0357. The van der Waals surface area contributed by atoms with Gasteiger partial charge in [-0.05, 0) is 20.8 Å². The molecule has 86 valence electrons. The Morgan fingerprint density at radius 2 is 2.20 bits per heavy atom. The van der Waals surface area contributed by atoms with Gasteiger partial charge in [0.2, 0.25) is 0 Å². The fraction of sp³-hybridized carbons (Fsp3) is 0.727. The molecule has 1 atom stereocenters. The lowest BCUT2D eigenvalue weighted by atomic mass is 10.1. The Balaban J connectivity index is 2.37. The van der Waals surface area contributed by atoms with Crippen molar-refractivity contribution in [3.8, 4) is 0 Å². The van der Waals surface area contributed by atoms with Gasteiger partial charge in [0.05, 0.1) is 0 Å². The third kappa shape index (κ3) is 4.42. The topological polar surface area (TPSA) is 29.9 Å². The zero-order chi connectivity index (χ0) is 11.5. The van der Waals surface area contributed by atoms with Crippen molar-refractivity contribution in [1.29, 1.82) is 0 Å². The van der Waals surface area contributed by atoms with Crippen LogP contribution < -0.4 is 5.32 Å². The van der Waals surface area contributed by atoms with Crippen molar-refractivity contribution in [3.63, 3.8) is 0 Å². The number of rotatable bonds is 4. The molecule has 0 bridgehead atoms. The van der Waals surface area contributed by atoms with E-state index in [0.29, 0.717) is 13.0 Å². The van der Waals surface area contributed by atoms with Crippen LogP contribution in [0.4, 0.5) is 4.39 Å². The second-order valence-corrected chi connectivity index (χ2v) is 4.89. The zero-order valence-corrected chi connectivity index (χ0v) is 9.92. The van der Waals surface area contributed by atoms with Crippen LogP contribution in [-0.4, -0.2) is 27.8 Å². The van der Waals surface area contributed by atoms with E-state index in [-0.39, 0.29) is 5.54 Å². The van der Waals surface area contributed by atoms with E-state index in [2.05, 4.69) is 10.3 Å². The number of hydrogen-bond donors (Lipinski definition) is 1. The fourth-order valence-electron chi connectivity index (χ4n) is 1.28. The Morgan fingerprint density at radius 1 is 1.53 bits per heavy atom. The van der Waals surface area contributed by atoms with E-state index in [1.807, 2.05) is 38.6 Å². The molecule has 0 aliphatic rings. The second kappa shape index (κ2) is 4.75. The highest BCUT2D eigenvalue weighted by molar-refractivity contribution is 4.93. The number of alkyl halides is 1. The summed E-state index contributed by atoms with van der Waals surface area (Å²) in [7, 11) is 1.88. The molecule has 0 saturated carbocycles. The average Bonchev–Trinajstić information content (AvgIpc) is 2.47. The van der Waals surface area contributed by atoms with Crippen molar-refractivity contribution in [2.45, 2.75) is 38.9 Å². The number of hydrogen-bond acceptors (Lipinski definition) is 2. The van der Waals surface area contributed by atoms with Crippen LogP contribution in [0.3, 0.4) is 0 Å². The monoisotopic (exact) mass is 213 g/mol. The van der Waals surface area contributed by atoms with Gasteiger partial charge in [0.15, 0.2) is 0 Å². The third-order valence-electron chi connectivity index (χ3n) is 2.18. The molecular formula is C11H20FN3. The van der Waals surface area contributed by atoms with Crippen molar-refractivity contribution in [2.75, 3.05) is 6.54 Å². The molecule has 0 amide bonds. The van der Waals surface area contributed by atoms with Crippen molar-refractivity contribution >= 4 is 0 Å². The number of aromatic nitrogens is 2. The summed E-state index contributed by atoms with van der Waals surface area (Å²) < 4.78 is 15.4. The summed E-state index contributed by atoms with van der Waals surface area (Å²) in [6.07, 6.45) is 3.01. The number of nitrogens with one attached hydrogen (secondary N) is 1. The molecule has 15 heavy (non-hydrogen) atoms. The molecule has 0 radical (unpaired) electrons. The Kier molecular flexibility index (Phi) is 3.85. The van der Waals surface area contributed by atoms with E-state index in [0.717, 1.165) is 5.82 Å². The number of aryl methyl sites for hydroxylation is 1. The van der Waals surface area contributed by atoms with Gasteiger partial charge in [0.1, 0.15) is 12.0 Å². The molecule has 0 fully saturated rings. The van der Waals surface area contributed by atoms with Crippen molar-refractivity contribution in [3.05, 3.63) is 18.2 Å². The van der Waals surface area contributed by atoms with Gasteiger partial charge in [-0.3, -0.25) is 0 Å². The summed E-state index contributed by atoms with van der Waals surface area (Å²) in [5, 5.41) is 3.14. The first kappa shape index (κ1) is 12.2. The maximum absolute atomic E-state index is 13.6. The number of halogens is 1. The van der Waals surface area contributed by atoms with Crippen molar-refractivity contribution < 1.29 is 4.39 Å². The molecule has 4 heteroatoms. The Bertz CT molecular complexity index is 301. The van der Waals surface area contributed by atoms with Gasteiger partial charge in [-0.25, -0.2) is 9.37 Å². The van der Waals surface area contributed by atoms with Crippen LogP contribution in [0.1, 0.15) is 26.6 Å². The standard InChI is InChI=1S/C11H20FN3/c1-11(2,3)14-8-9(12)7-10-13-5-6-15(10)4/h5-6,9,14H,7-8H2,1-4H3. The molecule has 0 saturated heterocycles. The van der Waals surface area contributed by atoms with E-state index >= 15 is 0 Å². The van der Waals surface area contributed by atoms with Gasteiger partial charge in [-0.15, -0.1) is 0 Å². The van der Waals surface area contributed by atoms with E-state index in [1.165, 1.54) is 0 Å². The molecule has 1 aromatic heterocycles. The lowest BCUT2D eigenvalue weighted by Crippen LogP contribution is -2.40. The minimum Gasteiger partial charge on any atom is -0.338 e. The SMILES string of the molecule is Cn1ccnc1CC(F)CNC(C)(C)C. The highest BCUT2D eigenvalue weighted by atomic mass is 19.1. The van der Waals surface area contributed by atoms with Gasteiger partial charge in [-0.1, -0.05) is 0 Å². The molecule has 0 spiro atoms.